The molecule has 0 fully saturated rings. The van der Waals surface area contributed by atoms with Crippen molar-refractivity contribution < 1.29 is 4.74 Å². The zero-order valence-corrected chi connectivity index (χ0v) is 11.1. The van der Waals surface area contributed by atoms with E-state index >= 15 is 0 Å². The standard InChI is InChI=1S/C12H25ClO/c1-6-7-12(5,10-13)8-9-14-11(2,3)4/h6-10H2,1-5H3. The van der Waals surface area contributed by atoms with Gasteiger partial charge in [0.15, 0.2) is 0 Å². The lowest BCUT2D eigenvalue weighted by Gasteiger charge is -2.28. The highest BCUT2D eigenvalue weighted by atomic mass is 35.5. The largest absolute Gasteiger partial charge is 0.376 e. The second-order valence-electron chi connectivity index (χ2n) is 5.41. The average molecular weight is 221 g/mol. The van der Waals surface area contributed by atoms with E-state index in [1.807, 2.05) is 0 Å². The van der Waals surface area contributed by atoms with Crippen molar-refractivity contribution in [2.24, 2.45) is 5.41 Å². The number of alkyl halides is 1. The van der Waals surface area contributed by atoms with Gasteiger partial charge in [-0.1, -0.05) is 20.3 Å². The lowest BCUT2D eigenvalue weighted by Crippen LogP contribution is -2.25. The van der Waals surface area contributed by atoms with E-state index in [0.717, 1.165) is 18.9 Å². The van der Waals surface area contributed by atoms with E-state index in [2.05, 4.69) is 34.6 Å². The first-order valence-corrected chi connectivity index (χ1v) is 6.06. The van der Waals surface area contributed by atoms with Gasteiger partial charge in [0.1, 0.15) is 0 Å². The molecule has 86 valence electrons. The maximum Gasteiger partial charge on any atom is 0.0598 e. The summed E-state index contributed by atoms with van der Waals surface area (Å²) < 4.78 is 5.71. The van der Waals surface area contributed by atoms with Crippen LogP contribution in [-0.4, -0.2) is 18.1 Å². The highest BCUT2D eigenvalue weighted by Crippen LogP contribution is 2.29. The van der Waals surface area contributed by atoms with Crippen molar-refractivity contribution in [1.29, 1.82) is 0 Å². The molecule has 0 aromatic heterocycles. The van der Waals surface area contributed by atoms with E-state index < -0.39 is 0 Å². The zero-order chi connectivity index (χ0) is 11.2. The summed E-state index contributed by atoms with van der Waals surface area (Å²) >= 11 is 5.98. The Balaban J connectivity index is 3.84. The lowest BCUT2D eigenvalue weighted by atomic mass is 9.85. The molecule has 1 unspecified atom stereocenters. The van der Waals surface area contributed by atoms with Gasteiger partial charge in [0, 0.05) is 12.5 Å². The maximum absolute atomic E-state index is 5.98. The fourth-order valence-corrected chi connectivity index (χ4v) is 1.73. The van der Waals surface area contributed by atoms with Crippen LogP contribution < -0.4 is 0 Å². The minimum absolute atomic E-state index is 0.0283. The molecule has 0 spiro atoms. The monoisotopic (exact) mass is 220 g/mol. The van der Waals surface area contributed by atoms with Crippen LogP contribution in [0.3, 0.4) is 0 Å². The van der Waals surface area contributed by atoms with Gasteiger partial charge in [-0.3, -0.25) is 0 Å². The van der Waals surface area contributed by atoms with Gasteiger partial charge in [0.05, 0.1) is 5.60 Å². The van der Waals surface area contributed by atoms with Gasteiger partial charge in [-0.15, -0.1) is 11.6 Å². The van der Waals surface area contributed by atoms with E-state index in [-0.39, 0.29) is 11.0 Å². The SMILES string of the molecule is CCCC(C)(CCl)CCOC(C)(C)C. The third kappa shape index (κ3) is 6.67. The summed E-state index contributed by atoms with van der Waals surface area (Å²) in [5, 5.41) is 0. The van der Waals surface area contributed by atoms with Crippen molar-refractivity contribution in [1.82, 2.24) is 0 Å². The number of halogens is 1. The Bertz CT molecular complexity index is 151. The first kappa shape index (κ1) is 14.2. The van der Waals surface area contributed by atoms with Crippen molar-refractivity contribution in [3.63, 3.8) is 0 Å². The minimum atomic E-state index is -0.0283. The molecular formula is C12H25ClO. The molecule has 0 saturated heterocycles. The van der Waals surface area contributed by atoms with Crippen LogP contribution in [0.5, 0.6) is 0 Å². The Labute approximate surface area is 94.2 Å². The first-order chi connectivity index (χ1) is 6.33. The number of hydrogen-bond acceptors (Lipinski definition) is 1. The highest BCUT2D eigenvalue weighted by Gasteiger charge is 2.22. The predicted octanol–water partition coefficient (Wildman–Crippen LogP) is 4.24. The van der Waals surface area contributed by atoms with E-state index in [4.69, 9.17) is 16.3 Å². The van der Waals surface area contributed by atoms with Gasteiger partial charge in [-0.25, -0.2) is 0 Å². The molecule has 0 rings (SSSR count). The summed E-state index contributed by atoms with van der Waals surface area (Å²) in [6.07, 6.45) is 3.43. The topological polar surface area (TPSA) is 9.23 Å². The summed E-state index contributed by atoms with van der Waals surface area (Å²) in [5.74, 6) is 0.730. The normalized spacial score (nSPS) is 16.7. The minimum Gasteiger partial charge on any atom is -0.376 e. The second kappa shape index (κ2) is 5.97. The Morgan fingerprint density at radius 1 is 1.07 bits per heavy atom. The molecule has 2 heteroatoms. The highest BCUT2D eigenvalue weighted by molar-refractivity contribution is 6.18. The van der Waals surface area contributed by atoms with E-state index in [1.165, 1.54) is 12.8 Å². The van der Waals surface area contributed by atoms with E-state index in [0.29, 0.717) is 0 Å². The fourth-order valence-electron chi connectivity index (χ4n) is 1.47. The molecule has 0 aliphatic carbocycles. The molecule has 0 aliphatic heterocycles. The van der Waals surface area contributed by atoms with Gasteiger partial charge in [0.2, 0.25) is 0 Å². The van der Waals surface area contributed by atoms with Crippen LogP contribution in [0.1, 0.15) is 53.9 Å². The van der Waals surface area contributed by atoms with Gasteiger partial charge in [0.25, 0.3) is 0 Å². The smallest absolute Gasteiger partial charge is 0.0598 e. The summed E-state index contributed by atoms with van der Waals surface area (Å²) in [5.41, 5.74) is 0.223. The van der Waals surface area contributed by atoms with Crippen LogP contribution in [0.4, 0.5) is 0 Å². The molecule has 1 atom stereocenters. The molecular weight excluding hydrogens is 196 g/mol. The molecule has 0 aliphatic rings. The molecule has 0 aromatic rings. The molecule has 0 N–H and O–H groups in total. The van der Waals surface area contributed by atoms with Gasteiger partial charge in [-0.2, -0.15) is 0 Å². The van der Waals surface area contributed by atoms with Crippen molar-refractivity contribution >= 4 is 11.6 Å². The number of ether oxygens (including phenoxy) is 1. The molecule has 0 saturated carbocycles. The molecule has 0 amide bonds. The average Bonchev–Trinajstić information content (AvgIpc) is 2.02. The Kier molecular flexibility index (Phi) is 6.08. The Morgan fingerprint density at radius 2 is 1.64 bits per heavy atom. The summed E-state index contributed by atoms with van der Waals surface area (Å²) in [4.78, 5) is 0. The van der Waals surface area contributed by atoms with Crippen LogP contribution in [0.15, 0.2) is 0 Å². The van der Waals surface area contributed by atoms with Crippen LogP contribution >= 0.6 is 11.6 Å². The van der Waals surface area contributed by atoms with Crippen molar-refractivity contribution in [3.05, 3.63) is 0 Å². The van der Waals surface area contributed by atoms with Crippen LogP contribution in [-0.2, 0) is 4.74 Å². The van der Waals surface area contributed by atoms with Crippen LogP contribution in [0.25, 0.3) is 0 Å². The van der Waals surface area contributed by atoms with Crippen molar-refractivity contribution in [2.45, 2.75) is 59.5 Å². The number of hydrogen-bond donors (Lipinski definition) is 0. The van der Waals surface area contributed by atoms with E-state index in [9.17, 15) is 0 Å². The summed E-state index contributed by atoms with van der Waals surface area (Å²) in [6.45, 7) is 11.5. The maximum atomic E-state index is 5.98. The molecule has 14 heavy (non-hydrogen) atoms. The van der Waals surface area contributed by atoms with E-state index in [1.54, 1.807) is 0 Å². The quantitative estimate of drug-likeness (QED) is 0.609. The van der Waals surface area contributed by atoms with Crippen molar-refractivity contribution in [3.8, 4) is 0 Å². The zero-order valence-electron chi connectivity index (χ0n) is 10.3. The molecule has 0 heterocycles. The molecule has 0 radical (unpaired) electrons. The van der Waals surface area contributed by atoms with Gasteiger partial charge in [-0.05, 0) is 39.0 Å². The Morgan fingerprint density at radius 3 is 2.00 bits per heavy atom. The summed E-state index contributed by atoms with van der Waals surface area (Å²) in [7, 11) is 0. The number of rotatable bonds is 6. The molecule has 1 nitrogen and oxygen atoms in total. The fraction of sp³-hybridized carbons (Fsp3) is 1.00. The van der Waals surface area contributed by atoms with Crippen molar-refractivity contribution in [2.75, 3.05) is 12.5 Å². The first-order valence-electron chi connectivity index (χ1n) is 5.53. The van der Waals surface area contributed by atoms with Crippen LogP contribution in [0.2, 0.25) is 0 Å². The second-order valence-corrected chi connectivity index (χ2v) is 5.67. The molecule has 0 aromatic carbocycles. The van der Waals surface area contributed by atoms with Crippen LogP contribution in [0, 0.1) is 5.41 Å². The molecule has 0 bridgehead atoms. The lowest BCUT2D eigenvalue weighted by molar-refractivity contribution is -0.0159. The third-order valence-corrected chi connectivity index (χ3v) is 3.06. The summed E-state index contributed by atoms with van der Waals surface area (Å²) in [6, 6.07) is 0. The van der Waals surface area contributed by atoms with Gasteiger partial charge >= 0.3 is 0 Å². The van der Waals surface area contributed by atoms with Gasteiger partial charge < -0.3 is 4.74 Å². The predicted molar refractivity (Wildman–Crippen MR) is 64.1 cm³/mol. The Hall–Kier alpha value is 0.250. The third-order valence-electron chi connectivity index (χ3n) is 2.42.